The van der Waals surface area contributed by atoms with E-state index in [1.165, 1.54) is 6.20 Å². The summed E-state index contributed by atoms with van der Waals surface area (Å²) in [6.07, 6.45) is 1.65. The van der Waals surface area contributed by atoms with Crippen molar-refractivity contribution >= 4 is 17.6 Å². The lowest BCUT2D eigenvalue weighted by Crippen LogP contribution is -2.25. The number of hydrogen-bond donors (Lipinski definition) is 3. The van der Waals surface area contributed by atoms with Gasteiger partial charge in [-0.2, -0.15) is 0 Å². The molecule has 2 aromatic carbocycles. The first kappa shape index (κ1) is 17.7. The Morgan fingerprint density at radius 2 is 2.00 bits per heavy atom. The number of aromatic nitrogens is 1. The molecule has 0 saturated heterocycles. The lowest BCUT2D eigenvalue weighted by molar-refractivity contribution is -0.116. The summed E-state index contributed by atoms with van der Waals surface area (Å²) >= 11 is 0. The smallest absolute Gasteiger partial charge is 0.339 e. The number of carboxylic acids is 1. The first-order chi connectivity index (χ1) is 13.5. The van der Waals surface area contributed by atoms with E-state index in [0.29, 0.717) is 17.1 Å². The van der Waals surface area contributed by atoms with Crippen LogP contribution in [0.5, 0.6) is 11.5 Å². The largest absolute Gasteiger partial charge is 0.508 e. The minimum Gasteiger partial charge on any atom is -0.508 e. The average Bonchev–Trinajstić information content (AvgIpc) is 3.07. The van der Waals surface area contributed by atoms with Crippen molar-refractivity contribution in [3.8, 4) is 17.2 Å². The van der Waals surface area contributed by atoms with Gasteiger partial charge in [-0.05, 0) is 29.8 Å². The third kappa shape index (κ3) is 2.96. The number of phenolic OH excluding ortho intramolecular Hbond substituents is 1. The van der Waals surface area contributed by atoms with Gasteiger partial charge >= 0.3 is 5.97 Å². The molecule has 1 atom stereocenters. The molecule has 0 bridgehead atoms. The summed E-state index contributed by atoms with van der Waals surface area (Å²) in [4.78, 5) is 24.1. The Bertz CT molecular complexity index is 1090. The molecule has 1 aliphatic heterocycles. The van der Waals surface area contributed by atoms with Crippen LogP contribution in [0.1, 0.15) is 34.0 Å². The molecule has 0 aliphatic carbocycles. The third-order valence-corrected chi connectivity index (χ3v) is 4.86. The fourth-order valence-corrected chi connectivity index (χ4v) is 3.62. The zero-order chi connectivity index (χ0) is 19.8. The van der Waals surface area contributed by atoms with Crippen LogP contribution in [-0.2, 0) is 4.79 Å². The van der Waals surface area contributed by atoms with Crippen LogP contribution < -0.4 is 10.1 Å². The normalized spacial score (nSPS) is 15.6. The Hall–Kier alpha value is -3.74. The standard InChI is InChI=1S/C21H18N2O5/c1-28-15-7-3-5-13(9-15)23-11-17(21(26)27)19-20(23)16(10-18(25)22-19)12-4-2-6-14(24)8-12/h2-9,11,16,24H,10H2,1H3,(H,22,25)(H,26,27)/t16-/m1/s1. The highest BCUT2D eigenvalue weighted by molar-refractivity contribution is 6.04. The molecular formula is C21H18N2O5. The van der Waals surface area contributed by atoms with Crippen LogP contribution in [0.15, 0.2) is 54.7 Å². The van der Waals surface area contributed by atoms with E-state index < -0.39 is 11.9 Å². The van der Waals surface area contributed by atoms with Crippen molar-refractivity contribution in [3.63, 3.8) is 0 Å². The number of amides is 1. The van der Waals surface area contributed by atoms with Crippen molar-refractivity contribution in [3.05, 3.63) is 71.5 Å². The number of rotatable bonds is 4. The van der Waals surface area contributed by atoms with Crippen molar-refractivity contribution in [2.45, 2.75) is 12.3 Å². The van der Waals surface area contributed by atoms with Gasteiger partial charge < -0.3 is 24.8 Å². The fourth-order valence-electron chi connectivity index (χ4n) is 3.62. The van der Waals surface area contributed by atoms with Gasteiger partial charge in [0, 0.05) is 30.3 Å². The molecule has 1 amide bonds. The Labute approximate surface area is 160 Å². The van der Waals surface area contributed by atoms with Crippen molar-refractivity contribution in [1.29, 1.82) is 0 Å². The summed E-state index contributed by atoms with van der Waals surface area (Å²) < 4.78 is 7.05. The predicted molar refractivity (Wildman–Crippen MR) is 102 cm³/mol. The van der Waals surface area contributed by atoms with E-state index in [4.69, 9.17) is 4.74 Å². The number of fused-ring (bicyclic) bond motifs is 1. The number of benzene rings is 2. The SMILES string of the molecule is COc1cccc(-n2cc(C(=O)O)c3c2[C@@H](c2cccc(O)c2)CC(=O)N3)c1. The van der Waals surface area contributed by atoms with E-state index in [9.17, 15) is 19.8 Å². The first-order valence-electron chi connectivity index (χ1n) is 8.69. The number of ether oxygens (including phenoxy) is 1. The monoisotopic (exact) mass is 378 g/mol. The van der Waals surface area contributed by atoms with E-state index >= 15 is 0 Å². The number of nitrogens with zero attached hydrogens (tertiary/aromatic N) is 1. The number of hydrogen-bond acceptors (Lipinski definition) is 4. The highest BCUT2D eigenvalue weighted by Crippen LogP contribution is 2.42. The Morgan fingerprint density at radius 1 is 1.21 bits per heavy atom. The highest BCUT2D eigenvalue weighted by Gasteiger charge is 2.34. The number of phenols is 1. The molecule has 3 aromatic rings. The number of anilines is 1. The van der Waals surface area contributed by atoms with Crippen LogP contribution in [0.4, 0.5) is 5.69 Å². The molecule has 1 aliphatic rings. The Balaban J connectivity index is 1.97. The van der Waals surface area contributed by atoms with Crippen molar-refractivity contribution in [2.24, 2.45) is 0 Å². The molecule has 0 fully saturated rings. The number of nitrogens with one attached hydrogen (secondary N) is 1. The van der Waals surface area contributed by atoms with Crippen LogP contribution in [0, 0.1) is 0 Å². The third-order valence-electron chi connectivity index (χ3n) is 4.86. The average molecular weight is 378 g/mol. The zero-order valence-corrected chi connectivity index (χ0v) is 15.0. The summed E-state index contributed by atoms with van der Waals surface area (Å²) in [5.41, 5.74) is 2.38. The van der Waals surface area contributed by atoms with Gasteiger partial charge in [-0.3, -0.25) is 4.79 Å². The van der Waals surface area contributed by atoms with Gasteiger partial charge in [-0.15, -0.1) is 0 Å². The van der Waals surface area contributed by atoms with Gasteiger partial charge in [-0.1, -0.05) is 18.2 Å². The van der Waals surface area contributed by atoms with Gasteiger partial charge in [0.2, 0.25) is 5.91 Å². The predicted octanol–water partition coefficient (Wildman–Crippen LogP) is 3.36. The molecule has 2 heterocycles. The second-order valence-corrected chi connectivity index (χ2v) is 6.58. The summed E-state index contributed by atoms with van der Waals surface area (Å²) in [5, 5.41) is 22.3. The number of methoxy groups -OCH3 is 1. The molecular weight excluding hydrogens is 360 g/mol. The molecule has 3 N–H and O–H groups in total. The molecule has 0 spiro atoms. The molecule has 4 rings (SSSR count). The number of aromatic carboxylic acids is 1. The van der Waals surface area contributed by atoms with Crippen molar-refractivity contribution < 1.29 is 24.5 Å². The van der Waals surface area contributed by atoms with Crippen LogP contribution in [0.3, 0.4) is 0 Å². The lowest BCUT2D eigenvalue weighted by Gasteiger charge is -2.26. The van der Waals surface area contributed by atoms with E-state index in [-0.39, 0.29) is 29.3 Å². The van der Waals surface area contributed by atoms with E-state index in [2.05, 4.69) is 5.32 Å². The maximum absolute atomic E-state index is 12.3. The topological polar surface area (TPSA) is 101 Å². The molecule has 1 aromatic heterocycles. The lowest BCUT2D eigenvalue weighted by atomic mass is 9.88. The summed E-state index contributed by atoms with van der Waals surface area (Å²) in [7, 11) is 1.56. The summed E-state index contributed by atoms with van der Waals surface area (Å²) in [6.45, 7) is 0. The van der Waals surface area contributed by atoms with Gasteiger partial charge in [0.15, 0.2) is 0 Å². The number of carboxylic acid groups (broad SMARTS) is 1. The van der Waals surface area contributed by atoms with Crippen LogP contribution in [0.25, 0.3) is 5.69 Å². The Morgan fingerprint density at radius 3 is 2.71 bits per heavy atom. The second-order valence-electron chi connectivity index (χ2n) is 6.58. The van der Waals surface area contributed by atoms with Crippen LogP contribution >= 0.6 is 0 Å². The maximum atomic E-state index is 12.3. The van der Waals surface area contributed by atoms with Crippen molar-refractivity contribution in [2.75, 3.05) is 12.4 Å². The quantitative estimate of drug-likeness (QED) is 0.646. The van der Waals surface area contributed by atoms with Gasteiger partial charge in [-0.25, -0.2) is 4.79 Å². The van der Waals surface area contributed by atoms with Crippen molar-refractivity contribution in [1.82, 2.24) is 4.57 Å². The van der Waals surface area contributed by atoms with Gasteiger partial charge in [0.1, 0.15) is 17.1 Å². The van der Waals surface area contributed by atoms with Crippen LogP contribution in [0.2, 0.25) is 0 Å². The molecule has 0 unspecified atom stereocenters. The first-order valence-corrected chi connectivity index (χ1v) is 8.69. The molecule has 142 valence electrons. The Kier molecular flexibility index (Phi) is 4.27. The molecule has 0 radical (unpaired) electrons. The van der Waals surface area contributed by atoms with Crippen LogP contribution in [-0.4, -0.2) is 33.8 Å². The second kappa shape index (κ2) is 6.77. The summed E-state index contributed by atoms with van der Waals surface area (Å²) in [6, 6.07) is 13.9. The molecule has 7 heteroatoms. The zero-order valence-electron chi connectivity index (χ0n) is 15.0. The van der Waals surface area contributed by atoms with E-state index in [0.717, 1.165) is 5.56 Å². The molecule has 28 heavy (non-hydrogen) atoms. The highest BCUT2D eigenvalue weighted by atomic mass is 16.5. The van der Waals surface area contributed by atoms with E-state index in [1.54, 1.807) is 42.0 Å². The number of aromatic hydroxyl groups is 1. The maximum Gasteiger partial charge on any atom is 0.339 e. The summed E-state index contributed by atoms with van der Waals surface area (Å²) in [5.74, 6) is -1.09. The number of carbonyl (C=O) groups excluding carboxylic acids is 1. The number of carbonyl (C=O) groups is 2. The minimum atomic E-state index is -1.13. The van der Waals surface area contributed by atoms with Gasteiger partial charge in [0.25, 0.3) is 0 Å². The van der Waals surface area contributed by atoms with E-state index in [1.807, 2.05) is 18.2 Å². The molecule has 7 nitrogen and oxygen atoms in total. The minimum absolute atomic E-state index is 0.0102. The fraction of sp³-hybridized carbons (Fsp3) is 0.143. The van der Waals surface area contributed by atoms with Gasteiger partial charge in [0.05, 0.1) is 18.5 Å². The molecule has 0 saturated carbocycles.